The monoisotopic (exact) mass is 440 g/mol. The first-order valence-electron chi connectivity index (χ1n) is 11.3. The van der Waals surface area contributed by atoms with Crippen LogP contribution in [-0.4, -0.2) is 66.9 Å². The molecule has 1 fully saturated rings. The first kappa shape index (κ1) is 23.4. The first-order valence-corrected chi connectivity index (χ1v) is 12.2. The minimum atomic E-state index is 0.445. The maximum absolute atomic E-state index is 4.75. The van der Waals surface area contributed by atoms with Gasteiger partial charge in [0.1, 0.15) is 5.82 Å². The molecular formula is C24H36N6S. The zero-order valence-corrected chi connectivity index (χ0v) is 19.9. The van der Waals surface area contributed by atoms with Crippen molar-refractivity contribution >= 4 is 23.5 Å². The highest BCUT2D eigenvalue weighted by molar-refractivity contribution is 8.00. The van der Waals surface area contributed by atoms with Crippen LogP contribution in [0.15, 0.2) is 58.5 Å². The number of likely N-dealkylation sites (N-methyl/N-ethyl adjacent to an activating group) is 1. The van der Waals surface area contributed by atoms with Gasteiger partial charge < -0.3 is 20.4 Å². The summed E-state index contributed by atoms with van der Waals surface area (Å²) < 4.78 is 0. The van der Waals surface area contributed by atoms with Crippen molar-refractivity contribution in [3.8, 4) is 0 Å². The molecule has 1 atom stereocenters. The van der Waals surface area contributed by atoms with E-state index in [1.807, 2.05) is 18.0 Å². The molecule has 1 aromatic heterocycles. The lowest BCUT2D eigenvalue weighted by atomic mass is 10.2. The molecule has 1 aliphatic rings. The van der Waals surface area contributed by atoms with Gasteiger partial charge in [-0.25, -0.2) is 9.98 Å². The molecule has 1 aliphatic heterocycles. The van der Waals surface area contributed by atoms with E-state index in [1.165, 1.54) is 4.90 Å². The van der Waals surface area contributed by atoms with E-state index in [9.17, 15) is 0 Å². The summed E-state index contributed by atoms with van der Waals surface area (Å²) in [7, 11) is 0. The highest BCUT2D eigenvalue weighted by Crippen LogP contribution is 2.22. The maximum atomic E-state index is 4.75. The molecule has 7 heteroatoms. The average Bonchev–Trinajstić information content (AvgIpc) is 2.82. The number of nitrogens with zero attached hydrogens (tertiary/aromatic N) is 4. The van der Waals surface area contributed by atoms with Crippen molar-refractivity contribution in [2.75, 3.05) is 50.7 Å². The Morgan fingerprint density at radius 3 is 2.48 bits per heavy atom. The number of nitrogens with one attached hydrogen (secondary N) is 2. The molecule has 0 saturated carbocycles. The van der Waals surface area contributed by atoms with Crippen molar-refractivity contribution in [2.24, 2.45) is 4.99 Å². The summed E-state index contributed by atoms with van der Waals surface area (Å²) >= 11 is 1.87. The molecule has 1 saturated heterocycles. The van der Waals surface area contributed by atoms with Crippen LogP contribution in [0, 0.1) is 0 Å². The van der Waals surface area contributed by atoms with E-state index >= 15 is 0 Å². The largest absolute Gasteiger partial charge is 0.357 e. The average molecular weight is 441 g/mol. The zero-order chi connectivity index (χ0) is 21.9. The van der Waals surface area contributed by atoms with Crippen LogP contribution < -0.4 is 15.5 Å². The van der Waals surface area contributed by atoms with E-state index in [1.54, 1.807) is 0 Å². The molecular weight excluding hydrogens is 404 g/mol. The summed E-state index contributed by atoms with van der Waals surface area (Å²) in [6.07, 6.45) is 1.96. The second-order valence-electron chi connectivity index (χ2n) is 7.76. The number of aliphatic imine (C=N–C) groups is 1. The fraction of sp³-hybridized carbons (Fsp3) is 0.500. The highest BCUT2D eigenvalue weighted by Gasteiger charge is 2.16. The molecule has 1 unspecified atom stereocenters. The van der Waals surface area contributed by atoms with Gasteiger partial charge in [0.2, 0.25) is 0 Å². The molecule has 2 heterocycles. The maximum Gasteiger partial charge on any atom is 0.191 e. The van der Waals surface area contributed by atoms with Crippen LogP contribution in [0.3, 0.4) is 0 Å². The number of benzene rings is 1. The van der Waals surface area contributed by atoms with Crippen molar-refractivity contribution < 1.29 is 0 Å². The number of guanidine groups is 1. The van der Waals surface area contributed by atoms with E-state index in [2.05, 4.69) is 83.7 Å². The molecule has 0 spiro atoms. The number of hydrogen-bond acceptors (Lipinski definition) is 5. The van der Waals surface area contributed by atoms with E-state index < -0.39 is 0 Å². The van der Waals surface area contributed by atoms with Crippen molar-refractivity contribution in [3.05, 3.63) is 54.2 Å². The summed E-state index contributed by atoms with van der Waals surface area (Å²) in [6.45, 7) is 14.3. The topological polar surface area (TPSA) is 55.8 Å². The number of thioether (sulfide) groups is 1. The van der Waals surface area contributed by atoms with Crippen molar-refractivity contribution in [3.63, 3.8) is 0 Å². The first-order chi connectivity index (χ1) is 15.2. The fourth-order valence-electron chi connectivity index (χ4n) is 3.52. The van der Waals surface area contributed by atoms with Crippen LogP contribution in [0.1, 0.15) is 26.3 Å². The Morgan fingerprint density at radius 1 is 1.06 bits per heavy atom. The lowest BCUT2D eigenvalue weighted by molar-refractivity contribution is 0.270. The van der Waals surface area contributed by atoms with E-state index in [-0.39, 0.29) is 0 Å². The Labute approximate surface area is 191 Å². The molecule has 168 valence electrons. The highest BCUT2D eigenvalue weighted by atomic mass is 32.2. The van der Waals surface area contributed by atoms with Crippen molar-refractivity contribution in [1.29, 1.82) is 0 Å². The summed E-state index contributed by atoms with van der Waals surface area (Å²) in [6, 6.07) is 14.8. The second-order valence-corrected chi connectivity index (χ2v) is 9.28. The number of piperazine rings is 1. The lowest BCUT2D eigenvalue weighted by Gasteiger charge is -2.34. The van der Waals surface area contributed by atoms with Gasteiger partial charge in [0.15, 0.2) is 5.96 Å². The Balaban J connectivity index is 1.49. The number of rotatable bonds is 9. The van der Waals surface area contributed by atoms with E-state index in [0.29, 0.717) is 11.8 Å². The third-order valence-corrected chi connectivity index (χ3v) is 6.47. The van der Waals surface area contributed by atoms with Crippen LogP contribution in [0.5, 0.6) is 0 Å². The van der Waals surface area contributed by atoms with Crippen molar-refractivity contribution in [1.82, 2.24) is 20.5 Å². The Kier molecular flexibility index (Phi) is 9.49. The predicted octanol–water partition coefficient (Wildman–Crippen LogP) is 3.46. The van der Waals surface area contributed by atoms with Crippen LogP contribution in [0.2, 0.25) is 0 Å². The van der Waals surface area contributed by atoms with E-state index in [0.717, 1.165) is 63.2 Å². The minimum absolute atomic E-state index is 0.445. The summed E-state index contributed by atoms with van der Waals surface area (Å²) in [5, 5.41) is 7.25. The third-order valence-electron chi connectivity index (χ3n) is 5.35. The third kappa shape index (κ3) is 7.74. The summed E-state index contributed by atoms with van der Waals surface area (Å²) in [4.78, 5) is 15.6. The predicted molar refractivity (Wildman–Crippen MR) is 133 cm³/mol. The van der Waals surface area contributed by atoms with Gasteiger partial charge in [-0.3, -0.25) is 0 Å². The summed E-state index contributed by atoms with van der Waals surface area (Å²) in [5.41, 5.74) is 1.12. The molecule has 2 aromatic rings. The number of pyridine rings is 1. The molecule has 3 rings (SSSR count). The SMILES string of the molecule is CCNC(=NCc1ccc(N2CCN(CC)CC2)nc1)NCC(C)Sc1ccccc1. The van der Waals surface area contributed by atoms with Crippen LogP contribution >= 0.6 is 11.8 Å². The molecule has 1 aromatic carbocycles. The number of aromatic nitrogens is 1. The molecule has 2 N–H and O–H groups in total. The van der Waals surface area contributed by atoms with Crippen LogP contribution in [-0.2, 0) is 6.54 Å². The van der Waals surface area contributed by atoms with Gasteiger partial charge >= 0.3 is 0 Å². The van der Waals surface area contributed by atoms with Gasteiger partial charge in [-0.15, -0.1) is 11.8 Å². The van der Waals surface area contributed by atoms with Crippen molar-refractivity contribution in [2.45, 2.75) is 37.5 Å². The van der Waals surface area contributed by atoms with Crippen LogP contribution in [0.4, 0.5) is 5.82 Å². The van der Waals surface area contributed by atoms with Gasteiger partial charge in [0, 0.05) is 55.6 Å². The minimum Gasteiger partial charge on any atom is -0.357 e. The van der Waals surface area contributed by atoms with Crippen LogP contribution in [0.25, 0.3) is 0 Å². The Bertz CT molecular complexity index is 787. The zero-order valence-electron chi connectivity index (χ0n) is 19.1. The smallest absolute Gasteiger partial charge is 0.191 e. The Hall–Kier alpha value is -2.25. The molecule has 6 nitrogen and oxygen atoms in total. The van der Waals surface area contributed by atoms with Gasteiger partial charge in [-0.1, -0.05) is 38.1 Å². The lowest BCUT2D eigenvalue weighted by Crippen LogP contribution is -2.46. The molecule has 0 aliphatic carbocycles. The number of hydrogen-bond donors (Lipinski definition) is 2. The normalized spacial score (nSPS) is 16.2. The molecule has 0 bridgehead atoms. The van der Waals surface area contributed by atoms with Gasteiger partial charge in [-0.05, 0) is 37.2 Å². The quantitative estimate of drug-likeness (QED) is 0.354. The molecule has 0 radical (unpaired) electrons. The summed E-state index contributed by atoms with van der Waals surface area (Å²) in [5.74, 6) is 1.92. The van der Waals surface area contributed by atoms with E-state index in [4.69, 9.17) is 9.98 Å². The second kappa shape index (κ2) is 12.6. The van der Waals surface area contributed by atoms with Gasteiger partial charge in [0.05, 0.1) is 6.54 Å². The van der Waals surface area contributed by atoms with Gasteiger partial charge in [-0.2, -0.15) is 0 Å². The van der Waals surface area contributed by atoms with Gasteiger partial charge in [0.25, 0.3) is 0 Å². The standard InChI is InChI=1S/C24H36N6S/c1-4-25-24(27-17-20(3)31-22-9-7-6-8-10-22)28-19-21-11-12-23(26-18-21)30-15-13-29(5-2)14-16-30/h6-12,18,20H,4-5,13-17,19H2,1-3H3,(H2,25,27,28). The molecule has 0 amide bonds. The molecule has 31 heavy (non-hydrogen) atoms. The number of anilines is 1. The fourth-order valence-corrected chi connectivity index (χ4v) is 4.46. The Morgan fingerprint density at radius 2 is 1.84 bits per heavy atom.